The highest BCUT2D eigenvalue weighted by Crippen LogP contribution is 2.31. The van der Waals surface area contributed by atoms with Crippen molar-refractivity contribution >= 4 is 33.4 Å². The summed E-state index contributed by atoms with van der Waals surface area (Å²) in [5, 5.41) is 0. The zero-order valence-electron chi connectivity index (χ0n) is 17.0. The maximum absolute atomic E-state index is 12.0. The van der Waals surface area contributed by atoms with Gasteiger partial charge in [0.25, 0.3) is 0 Å². The van der Waals surface area contributed by atoms with Crippen molar-refractivity contribution < 1.29 is 9.59 Å². The third-order valence-electron chi connectivity index (χ3n) is 5.10. The monoisotopic (exact) mass is 446 g/mol. The van der Waals surface area contributed by atoms with Gasteiger partial charge in [0.05, 0.1) is 0 Å². The molecule has 0 aliphatic carbocycles. The van der Waals surface area contributed by atoms with Crippen molar-refractivity contribution in [2.45, 2.75) is 36.8 Å². The molecule has 0 saturated carbocycles. The van der Waals surface area contributed by atoms with Crippen molar-refractivity contribution in [1.82, 2.24) is 0 Å². The molecule has 8 heteroatoms. The van der Waals surface area contributed by atoms with Crippen LogP contribution in [0.3, 0.4) is 0 Å². The number of hydrogen-bond donors (Lipinski definition) is 4. The summed E-state index contributed by atoms with van der Waals surface area (Å²) in [4.78, 5) is 24.0. The molecule has 6 nitrogen and oxygen atoms in total. The molecule has 2 aromatic carbocycles. The average Bonchev–Trinajstić information content (AvgIpc) is 2.75. The summed E-state index contributed by atoms with van der Waals surface area (Å²) < 4.78 is 0. The molecule has 8 N–H and O–H groups in total. The Balaban J connectivity index is 1.86. The minimum Gasteiger partial charge on any atom is -0.368 e. The Morgan fingerprint density at radius 2 is 1.00 bits per heavy atom. The van der Waals surface area contributed by atoms with Gasteiger partial charge in [0.1, 0.15) is 11.1 Å². The number of aryl methyl sites for hydroxylation is 2. The third-order valence-corrected chi connectivity index (χ3v) is 7.74. The Morgan fingerprint density at radius 3 is 1.30 bits per heavy atom. The normalized spacial score (nSPS) is 15.1. The van der Waals surface area contributed by atoms with Crippen LogP contribution in [0.1, 0.15) is 24.0 Å². The predicted molar refractivity (Wildman–Crippen MR) is 127 cm³/mol. The van der Waals surface area contributed by atoms with Gasteiger partial charge in [-0.3, -0.25) is 9.59 Å². The van der Waals surface area contributed by atoms with E-state index in [0.717, 1.165) is 11.1 Å². The van der Waals surface area contributed by atoms with Crippen LogP contribution in [0.25, 0.3) is 0 Å². The van der Waals surface area contributed by atoms with Crippen molar-refractivity contribution in [3.63, 3.8) is 0 Å². The van der Waals surface area contributed by atoms with Crippen molar-refractivity contribution in [3.05, 3.63) is 71.8 Å². The van der Waals surface area contributed by atoms with Crippen LogP contribution >= 0.6 is 21.6 Å². The highest BCUT2D eigenvalue weighted by atomic mass is 33.1. The number of rotatable bonds is 13. The van der Waals surface area contributed by atoms with Crippen LogP contribution in [-0.4, -0.2) is 34.4 Å². The van der Waals surface area contributed by atoms with Crippen LogP contribution in [0, 0.1) is 0 Å². The highest BCUT2D eigenvalue weighted by Gasteiger charge is 2.34. The molecule has 0 heterocycles. The number of nitrogens with two attached hydrogens (primary N) is 4. The van der Waals surface area contributed by atoms with Gasteiger partial charge in [0.2, 0.25) is 11.8 Å². The average molecular weight is 447 g/mol. The molecule has 0 fully saturated rings. The summed E-state index contributed by atoms with van der Waals surface area (Å²) in [5.74, 6) is -0.421. The molecule has 0 radical (unpaired) electrons. The second-order valence-electron chi connectivity index (χ2n) is 7.54. The molecule has 2 amide bonds. The van der Waals surface area contributed by atoms with E-state index in [4.69, 9.17) is 22.9 Å². The summed E-state index contributed by atoms with van der Waals surface area (Å²) >= 11 is 0. The zero-order valence-corrected chi connectivity index (χ0v) is 18.6. The van der Waals surface area contributed by atoms with Gasteiger partial charge < -0.3 is 22.9 Å². The zero-order chi connectivity index (χ0) is 22.0. The van der Waals surface area contributed by atoms with E-state index in [0.29, 0.717) is 37.2 Å². The first-order chi connectivity index (χ1) is 14.3. The van der Waals surface area contributed by atoms with Crippen LogP contribution in [-0.2, 0) is 22.4 Å². The molecule has 2 aromatic rings. The largest absolute Gasteiger partial charge is 0.368 e. The van der Waals surface area contributed by atoms with Crippen molar-refractivity contribution in [3.8, 4) is 0 Å². The van der Waals surface area contributed by atoms with E-state index in [1.807, 2.05) is 60.7 Å². The van der Waals surface area contributed by atoms with Gasteiger partial charge in [-0.25, -0.2) is 0 Å². The van der Waals surface area contributed by atoms with E-state index in [-0.39, 0.29) is 0 Å². The Morgan fingerprint density at radius 1 is 0.667 bits per heavy atom. The highest BCUT2D eigenvalue weighted by molar-refractivity contribution is 8.76. The van der Waals surface area contributed by atoms with E-state index in [2.05, 4.69) is 0 Å². The summed E-state index contributed by atoms with van der Waals surface area (Å²) in [5.41, 5.74) is 23.7. The van der Waals surface area contributed by atoms with Gasteiger partial charge in [-0.2, -0.15) is 0 Å². The number of primary amides is 2. The van der Waals surface area contributed by atoms with E-state index < -0.39 is 22.9 Å². The standard InChI is InChI=1S/C22H30N4O2S2/c23-19(27)21(25,13-11-17-7-3-1-4-8-17)15-29-30-16-22(26,20(24)28)14-12-18-9-5-2-6-10-18/h1-10H,11-16,25-26H2,(H2,23,27)(H2,24,28). The summed E-state index contributed by atoms with van der Waals surface area (Å²) in [6.45, 7) is 0. The van der Waals surface area contributed by atoms with Gasteiger partial charge in [-0.1, -0.05) is 82.3 Å². The van der Waals surface area contributed by atoms with Crippen LogP contribution in [0.5, 0.6) is 0 Å². The van der Waals surface area contributed by atoms with Crippen LogP contribution < -0.4 is 22.9 Å². The van der Waals surface area contributed by atoms with Gasteiger partial charge in [0, 0.05) is 11.5 Å². The van der Waals surface area contributed by atoms with E-state index in [1.54, 1.807) is 0 Å². The Bertz CT molecular complexity index is 753. The van der Waals surface area contributed by atoms with Crippen molar-refractivity contribution in [1.29, 1.82) is 0 Å². The third kappa shape index (κ3) is 7.36. The molecular weight excluding hydrogens is 416 g/mol. The fourth-order valence-electron chi connectivity index (χ4n) is 2.85. The summed E-state index contributed by atoms with van der Waals surface area (Å²) in [7, 11) is 2.79. The van der Waals surface area contributed by atoms with E-state index >= 15 is 0 Å². The second kappa shape index (κ2) is 11.4. The Kier molecular flexibility index (Phi) is 9.23. The smallest absolute Gasteiger partial charge is 0.238 e. The topological polar surface area (TPSA) is 138 Å². The Labute approximate surface area is 185 Å². The maximum atomic E-state index is 12.0. The first kappa shape index (κ1) is 24.3. The number of amides is 2. The molecule has 0 aromatic heterocycles. The molecule has 162 valence electrons. The second-order valence-corrected chi connectivity index (χ2v) is 10.00. The molecule has 0 aliphatic heterocycles. The van der Waals surface area contributed by atoms with Crippen molar-refractivity contribution in [2.24, 2.45) is 22.9 Å². The molecule has 2 unspecified atom stereocenters. The lowest BCUT2D eigenvalue weighted by molar-refractivity contribution is -0.123. The SMILES string of the molecule is NC(=O)C(N)(CCc1ccccc1)CSSCC(N)(CCc1ccccc1)C(N)=O. The number of hydrogen-bond acceptors (Lipinski definition) is 6. The number of benzene rings is 2. The fourth-order valence-corrected chi connectivity index (χ4v) is 5.77. The van der Waals surface area contributed by atoms with Gasteiger partial charge >= 0.3 is 0 Å². The lowest BCUT2D eigenvalue weighted by Gasteiger charge is -2.28. The number of carbonyl (C=O) groups is 2. The molecule has 0 spiro atoms. The minimum absolute atomic E-state index is 0.327. The van der Waals surface area contributed by atoms with Gasteiger partial charge in [-0.15, -0.1) is 0 Å². The van der Waals surface area contributed by atoms with Crippen LogP contribution in [0.2, 0.25) is 0 Å². The molecule has 2 rings (SSSR count). The predicted octanol–water partition coefficient (Wildman–Crippen LogP) is 2.00. The lowest BCUT2D eigenvalue weighted by Crippen LogP contribution is -2.55. The Hall–Kier alpha value is -2.00. The number of carbonyl (C=O) groups excluding carboxylic acids is 2. The summed E-state index contributed by atoms with van der Waals surface area (Å²) in [6.07, 6.45) is 2.20. The molecule has 30 heavy (non-hydrogen) atoms. The minimum atomic E-state index is -1.14. The molecule has 2 atom stereocenters. The van der Waals surface area contributed by atoms with E-state index in [1.165, 1.54) is 21.6 Å². The molecule has 0 saturated heterocycles. The van der Waals surface area contributed by atoms with Gasteiger partial charge in [0.15, 0.2) is 0 Å². The van der Waals surface area contributed by atoms with Crippen molar-refractivity contribution in [2.75, 3.05) is 11.5 Å². The fraction of sp³-hybridized carbons (Fsp3) is 0.364. The maximum Gasteiger partial charge on any atom is 0.238 e. The van der Waals surface area contributed by atoms with Crippen LogP contribution in [0.4, 0.5) is 0 Å². The first-order valence-electron chi connectivity index (χ1n) is 9.75. The lowest BCUT2D eigenvalue weighted by atomic mass is 9.93. The van der Waals surface area contributed by atoms with E-state index in [9.17, 15) is 9.59 Å². The van der Waals surface area contributed by atoms with Gasteiger partial charge in [-0.05, 0) is 36.8 Å². The first-order valence-corrected chi connectivity index (χ1v) is 12.2. The van der Waals surface area contributed by atoms with Crippen LogP contribution in [0.15, 0.2) is 60.7 Å². The summed E-state index contributed by atoms with van der Waals surface area (Å²) in [6, 6.07) is 19.6. The quantitative estimate of drug-likeness (QED) is 0.274. The molecule has 0 bridgehead atoms. The molecule has 0 aliphatic rings. The molecular formula is C22H30N4O2S2.